The third-order valence-corrected chi connectivity index (χ3v) is 7.87. The molecule has 7 nitrogen and oxygen atoms in total. The van der Waals surface area contributed by atoms with Crippen molar-refractivity contribution in [1.82, 2.24) is 9.80 Å². The second-order valence-electron chi connectivity index (χ2n) is 8.58. The minimum Gasteiger partial charge on any atom is -0.454 e. The average molecular weight is 477 g/mol. The lowest BCUT2D eigenvalue weighted by molar-refractivity contribution is -0.138. The first kappa shape index (κ1) is 20.0. The van der Waals surface area contributed by atoms with Crippen molar-refractivity contribution in [2.24, 2.45) is 17.8 Å². The fraction of sp³-hybridized carbons (Fsp3) is 0.545. The number of amides is 2. The van der Waals surface area contributed by atoms with E-state index in [0.717, 1.165) is 28.0 Å². The molecule has 1 aromatic rings. The smallest absolute Gasteiger partial charge is 0.234 e. The summed E-state index contributed by atoms with van der Waals surface area (Å²) >= 11 is 3.65. The number of carbonyl (C=O) groups is 2. The lowest BCUT2D eigenvalue weighted by atomic mass is 9.62. The Morgan fingerprint density at radius 1 is 1.13 bits per heavy atom. The van der Waals surface area contributed by atoms with Crippen LogP contribution < -0.4 is 9.47 Å². The maximum atomic E-state index is 12.9. The van der Waals surface area contributed by atoms with E-state index >= 15 is 0 Å². The number of aliphatic hydroxyl groups is 1. The van der Waals surface area contributed by atoms with E-state index in [0.29, 0.717) is 13.0 Å². The topological polar surface area (TPSA) is 79.3 Å². The third-order valence-electron chi connectivity index (χ3n) is 7.13. The summed E-state index contributed by atoms with van der Waals surface area (Å²) in [7, 11) is 1.60. The van der Waals surface area contributed by atoms with Crippen molar-refractivity contribution in [3.8, 4) is 11.5 Å². The lowest BCUT2D eigenvalue weighted by Gasteiger charge is -2.54. The molecule has 1 N–H and O–H groups in total. The summed E-state index contributed by atoms with van der Waals surface area (Å²) in [5.41, 5.74) is 2.27. The van der Waals surface area contributed by atoms with Crippen molar-refractivity contribution in [2.75, 3.05) is 20.4 Å². The fourth-order valence-corrected chi connectivity index (χ4v) is 6.16. The molecule has 0 spiro atoms. The van der Waals surface area contributed by atoms with E-state index in [2.05, 4.69) is 33.8 Å². The first-order valence-electron chi connectivity index (χ1n) is 10.4. The molecule has 5 aliphatic rings. The maximum absolute atomic E-state index is 12.9. The molecule has 30 heavy (non-hydrogen) atoms. The van der Waals surface area contributed by atoms with Gasteiger partial charge in [0.05, 0.1) is 11.8 Å². The van der Waals surface area contributed by atoms with E-state index in [1.54, 1.807) is 7.05 Å². The summed E-state index contributed by atoms with van der Waals surface area (Å²) in [5, 5.41) is 9.32. The molecule has 5 unspecified atom stereocenters. The molecular weight excluding hydrogens is 452 g/mol. The van der Waals surface area contributed by atoms with Gasteiger partial charge in [0.2, 0.25) is 18.6 Å². The van der Waals surface area contributed by atoms with Crippen LogP contribution in [0.25, 0.3) is 0 Å². The van der Waals surface area contributed by atoms with Crippen molar-refractivity contribution in [1.29, 1.82) is 0 Å². The molecule has 0 aromatic heterocycles. The first-order valence-corrected chi connectivity index (χ1v) is 11.2. The molecule has 6 rings (SSSR count). The Hall–Kier alpha value is -1.90. The highest BCUT2D eigenvalue weighted by atomic mass is 79.9. The zero-order valence-electron chi connectivity index (χ0n) is 17.0. The number of hydrogen-bond acceptors (Lipinski definition) is 6. The fourth-order valence-electron chi connectivity index (χ4n) is 5.71. The van der Waals surface area contributed by atoms with Gasteiger partial charge in [0.1, 0.15) is 0 Å². The highest BCUT2D eigenvalue weighted by Crippen LogP contribution is 2.52. The van der Waals surface area contributed by atoms with E-state index in [9.17, 15) is 14.7 Å². The molecule has 1 aliphatic carbocycles. The molecule has 2 saturated heterocycles. The monoisotopic (exact) mass is 476 g/mol. The van der Waals surface area contributed by atoms with Gasteiger partial charge in [-0.1, -0.05) is 27.6 Å². The lowest BCUT2D eigenvalue weighted by Crippen LogP contribution is -2.61. The Morgan fingerprint density at radius 3 is 2.57 bits per heavy atom. The maximum Gasteiger partial charge on any atom is 0.234 e. The molecule has 2 bridgehead atoms. The van der Waals surface area contributed by atoms with Crippen molar-refractivity contribution in [3.05, 3.63) is 33.8 Å². The normalized spacial score (nSPS) is 32.1. The van der Waals surface area contributed by atoms with Crippen LogP contribution in [0.5, 0.6) is 11.5 Å². The van der Waals surface area contributed by atoms with Crippen LogP contribution in [0, 0.1) is 17.8 Å². The van der Waals surface area contributed by atoms with Crippen molar-refractivity contribution < 1.29 is 24.2 Å². The third kappa shape index (κ3) is 2.84. The highest BCUT2D eigenvalue weighted by Gasteiger charge is 2.61. The van der Waals surface area contributed by atoms with Crippen LogP contribution in [0.4, 0.5) is 0 Å². The van der Waals surface area contributed by atoms with E-state index in [1.165, 1.54) is 10.5 Å². The predicted octanol–water partition coefficient (Wildman–Crippen LogP) is 2.31. The summed E-state index contributed by atoms with van der Waals surface area (Å²) in [4.78, 5) is 29.5. The summed E-state index contributed by atoms with van der Waals surface area (Å²) < 4.78 is 11.9. The number of likely N-dealkylation sites (tertiary alicyclic amines) is 1. The van der Waals surface area contributed by atoms with Crippen molar-refractivity contribution >= 4 is 27.7 Å². The highest BCUT2D eigenvalue weighted by molar-refractivity contribution is 9.10. The molecule has 2 fully saturated rings. The molecule has 5 atom stereocenters. The van der Waals surface area contributed by atoms with Gasteiger partial charge < -0.3 is 14.6 Å². The van der Waals surface area contributed by atoms with E-state index in [-0.39, 0.29) is 55.1 Å². The van der Waals surface area contributed by atoms with Crippen LogP contribution in [0.2, 0.25) is 0 Å². The van der Waals surface area contributed by atoms with Crippen molar-refractivity contribution in [3.63, 3.8) is 0 Å². The summed E-state index contributed by atoms with van der Waals surface area (Å²) in [6, 6.07) is 3.88. The van der Waals surface area contributed by atoms with Crippen LogP contribution in [-0.2, 0) is 16.1 Å². The number of halogens is 1. The van der Waals surface area contributed by atoms with Gasteiger partial charge in [-0.25, -0.2) is 0 Å². The van der Waals surface area contributed by atoms with E-state index < -0.39 is 0 Å². The average Bonchev–Trinajstić information content (AvgIpc) is 3.27. The minimum atomic E-state index is -0.339. The molecule has 0 radical (unpaired) electrons. The summed E-state index contributed by atoms with van der Waals surface area (Å²) in [6.45, 7) is 3.13. The summed E-state index contributed by atoms with van der Waals surface area (Å²) in [5.74, 6) is 0.660. The Kier molecular flexibility index (Phi) is 4.91. The van der Waals surface area contributed by atoms with Crippen LogP contribution in [-0.4, -0.2) is 59.3 Å². The number of hydrogen-bond donors (Lipinski definition) is 1. The second kappa shape index (κ2) is 7.35. The second-order valence-corrected chi connectivity index (χ2v) is 9.44. The Balaban J connectivity index is 1.51. The van der Waals surface area contributed by atoms with Gasteiger partial charge in [-0.15, -0.1) is 0 Å². The van der Waals surface area contributed by atoms with Gasteiger partial charge in [0.15, 0.2) is 11.5 Å². The van der Waals surface area contributed by atoms with Crippen LogP contribution in [0.3, 0.4) is 0 Å². The van der Waals surface area contributed by atoms with Crippen LogP contribution in [0.1, 0.15) is 25.3 Å². The number of fused-ring (bicyclic) bond motifs is 2. The van der Waals surface area contributed by atoms with Gasteiger partial charge in [-0.3, -0.25) is 19.4 Å². The van der Waals surface area contributed by atoms with Crippen LogP contribution >= 0.6 is 15.9 Å². The van der Waals surface area contributed by atoms with Gasteiger partial charge in [0.25, 0.3) is 0 Å². The molecule has 1 aromatic carbocycles. The molecule has 2 amide bonds. The van der Waals surface area contributed by atoms with Gasteiger partial charge in [-0.2, -0.15) is 0 Å². The largest absolute Gasteiger partial charge is 0.454 e. The molecule has 8 heteroatoms. The number of rotatable bonds is 5. The molecule has 4 aliphatic heterocycles. The molecule has 160 valence electrons. The summed E-state index contributed by atoms with van der Waals surface area (Å²) in [6.07, 6.45) is 3.62. The molecule has 4 heterocycles. The van der Waals surface area contributed by atoms with Gasteiger partial charge in [-0.05, 0) is 37.5 Å². The van der Waals surface area contributed by atoms with Crippen LogP contribution in [0.15, 0.2) is 28.3 Å². The Labute approximate surface area is 183 Å². The Morgan fingerprint density at radius 2 is 1.83 bits per heavy atom. The predicted molar refractivity (Wildman–Crippen MR) is 112 cm³/mol. The van der Waals surface area contributed by atoms with Gasteiger partial charge in [0, 0.05) is 42.7 Å². The van der Waals surface area contributed by atoms with Gasteiger partial charge >= 0.3 is 0 Å². The SMILES string of the molecule is CC1C2C(CCCO)=CC(C3C(=O)N(C)C(=O)C23)N1Cc1cc2c(cc1Br)OCO2. The zero-order valence-corrected chi connectivity index (χ0v) is 18.6. The standard InChI is InChI=1S/C22H25BrN2O5/c1-11-18-12(4-3-5-26)6-15(19-20(18)22(28)24(2)21(19)27)25(11)9-13-7-16-17(8-14(13)23)30-10-29-16/h6-8,11,15,18-20,26H,3-5,9-10H2,1-2H3. The minimum absolute atomic E-state index is 0.0132. The number of benzene rings is 1. The number of imide groups is 1. The molecular formula is C22H25BrN2O5. The van der Waals surface area contributed by atoms with Crippen molar-refractivity contribution in [2.45, 2.75) is 38.4 Å². The number of carbonyl (C=O) groups excluding carboxylic acids is 2. The Bertz CT molecular complexity index is 948. The van der Waals surface area contributed by atoms with E-state index in [4.69, 9.17) is 9.47 Å². The zero-order chi connectivity index (χ0) is 21.2. The number of nitrogens with zero attached hydrogens (tertiary/aromatic N) is 2. The first-order chi connectivity index (χ1) is 14.4. The number of aliphatic hydroxyl groups excluding tert-OH is 1. The van der Waals surface area contributed by atoms with E-state index in [1.807, 2.05) is 12.1 Å². The number of ether oxygens (including phenoxy) is 2. The quantitative estimate of drug-likeness (QED) is 0.518. The molecule has 0 saturated carbocycles. The number of piperidine rings is 1.